The zero-order valence-corrected chi connectivity index (χ0v) is 14.4. The van der Waals surface area contributed by atoms with Crippen LogP contribution in [0, 0.1) is 0 Å². The maximum atomic E-state index is 13.0. The van der Waals surface area contributed by atoms with E-state index < -0.39 is 0 Å². The maximum Gasteiger partial charge on any atom is 0.245 e. The third-order valence-corrected chi connectivity index (χ3v) is 4.64. The van der Waals surface area contributed by atoms with Crippen molar-refractivity contribution in [2.24, 2.45) is 0 Å². The summed E-state index contributed by atoms with van der Waals surface area (Å²) in [6, 6.07) is 5.46. The number of benzene rings is 1. The van der Waals surface area contributed by atoms with E-state index in [2.05, 4.69) is 0 Å². The Morgan fingerprint density at radius 1 is 1.29 bits per heavy atom. The van der Waals surface area contributed by atoms with Gasteiger partial charge in [0, 0.05) is 26.1 Å². The Morgan fingerprint density at radius 3 is 2.75 bits per heavy atom. The molecule has 6 heteroatoms. The monoisotopic (exact) mass is 332 g/mol. The SMILES string of the molecule is CC(=O)N1CCC[C@H]1C(=O)N(Cc1ccc2c(c1)OCO2)C(C)C. The predicted octanol–water partition coefficient (Wildman–Crippen LogP) is 2.16. The van der Waals surface area contributed by atoms with E-state index in [4.69, 9.17) is 9.47 Å². The first-order valence-electron chi connectivity index (χ1n) is 8.43. The first-order chi connectivity index (χ1) is 11.5. The van der Waals surface area contributed by atoms with Gasteiger partial charge in [-0.2, -0.15) is 0 Å². The number of rotatable bonds is 4. The molecule has 0 spiro atoms. The molecule has 2 heterocycles. The van der Waals surface area contributed by atoms with Gasteiger partial charge in [-0.3, -0.25) is 9.59 Å². The van der Waals surface area contributed by atoms with Gasteiger partial charge in [-0.15, -0.1) is 0 Å². The standard InChI is InChI=1S/C18H24N2O4/c1-12(2)20(18(22)15-5-4-8-19(15)13(3)21)10-14-6-7-16-17(9-14)24-11-23-16/h6-7,9,12,15H,4-5,8,10-11H2,1-3H3/t15-/m0/s1. The lowest BCUT2D eigenvalue weighted by atomic mass is 10.1. The van der Waals surface area contributed by atoms with Gasteiger partial charge in [0.05, 0.1) is 0 Å². The van der Waals surface area contributed by atoms with Crippen LogP contribution < -0.4 is 9.47 Å². The van der Waals surface area contributed by atoms with Crippen molar-refractivity contribution in [2.45, 2.75) is 52.2 Å². The van der Waals surface area contributed by atoms with Crippen LogP contribution in [0.5, 0.6) is 11.5 Å². The average molecular weight is 332 g/mol. The molecule has 3 rings (SSSR count). The largest absolute Gasteiger partial charge is 0.454 e. The molecule has 1 aromatic rings. The highest BCUT2D eigenvalue weighted by Gasteiger charge is 2.36. The van der Waals surface area contributed by atoms with E-state index in [0.29, 0.717) is 13.1 Å². The lowest BCUT2D eigenvalue weighted by molar-refractivity contribution is -0.144. The summed E-state index contributed by atoms with van der Waals surface area (Å²) in [7, 11) is 0. The van der Waals surface area contributed by atoms with E-state index in [1.807, 2.05) is 36.9 Å². The predicted molar refractivity (Wildman–Crippen MR) is 88.7 cm³/mol. The Hall–Kier alpha value is -2.24. The number of amides is 2. The molecule has 2 aliphatic rings. The van der Waals surface area contributed by atoms with Gasteiger partial charge in [0.2, 0.25) is 18.6 Å². The van der Waals surface area contributed by atoms with Crippen LogP contribution in [0.1, 0.15) is 39.2 Å². The second kappa shape index (κ2) is 6.71. The van der Waals surface area contributed by atoms with Crippen molar-refractivity contribution in [3.05, 3.63) is 23.8 Å². The highest BCUT2D eigenvalue weighted by Crippen LogP contribution is 2.33. The Bertz CT molecular complexity index is 644. The lowest BCUT2D eigenvalue weighted by Gasteiger charge is -2.32. The van der Waals surface area contributed by atoms with E-state index in [0.717, 1.165) is 29.9 Å². The molecular weight excluding hydrogens is 308 g/mol. The maximum absolute atomic E-state index is 13.0. The van der Waals surface area contributed by atoms with E-state index in [1.54, 1.807) is 4.90 Å². The molecule has 0 aliphatic carbocycles. The Kier molecular flexibility index (Phi) is 4.64. The number of fused-ring (bicyclic) bond motifs is 1. The molecule has 24 heavy (non-hydrogen) atoms. The fourth-order valence-corrected chi connectivity index (χ4v) is 3.34. The van der Waals surface area contributed by atoms with Crippen molar-refractivity contribution in [2.75, 3.05) is 13.3 Å². The third kappa shape index (κ3) is 3.18. The fourth-order valence-electron chi connectivity index (χ4n) is 3.34. The van der Waals surface area contributed by atoms with Gasteiger partial charge in [-0.1, -0.05) is 6.07 Å². The zero-order valence-electron chi connectivity index (χ0n) is 14.4. The van der Waals surface area contributed by atoms with Crippen LogP contribution >= 0.6 is 0 Å². The molecule has 130 valence electrons. The number of ether oxygens (including phenoxy) is 2. The van der Waals surface area contributed by atoms with Gasteiger partial charge >= 0.3 is 0 Å². The number of nitrogens with zero attached hydrogens (tertiary/aromatic N) is 2. The van der Waals surface area contributed by atoms with Gasteiger partial charge in [-0.25, -0.2) is 0 Å². The van der Waals surface area contributed by atoms with Gasteiger partial charge < -0.3 is 19.3 Å². The van der Waals surface area contributed by atoms with Crippen LogP contribution in [0.3, 0.4) is 0 Å². The molecule has 2 amide bonds. The zero-order chi connectivity index (χ0) is 17.3. The van der Waals surface area contributed by atoms with E-state index in [9.17, 15) is 9.59 Å². The normalized spacial score (nSPS) is 19.0. The van der Waals surface area contributed by atoms with Gasteiger partial charge in [0.15, 0.2) is 11.5 Å². The molecule has 2 aliphatic heterocycles. The van der Waals surface area contributed by atoms with Crippen LogP contribution in [0.15, 0.2) is 18.2 Å². The summed E-state index contributed by atoms with van der Waals surface area (Å²) in [6.45, 7) is 6.93. The molecule has 0 aromatic heterocycles. The average Bonchev–Trinajstić information content (AvgIpc) is 3.19. The lowest BCUT2D eigenvalue weighted by Crippen LogP contribution is -2.49. The second-order valence-electron chi connectivity index (χ2n) is 6.62. The highest BCUT2D eigenvalue weighted by molar-refractivity contribution is 5.87. The van der Waals surface area contributed by atoms with Crippen LogP contribution in [-0.4, -0.2) is 47.0 Å². The molecule has 0 saturated carbocycles. The minimum absolute atomic E-state index is 0.0235. The summed E-state index contributed by atoms with van der Waals surface area (Å²) in [5.41, 5.74) is 0.994. The smallest absolute Gasteiger partial charge is 0.245 e. The van der Waals surface area contributed by atoms with Crippen molar-refractivity contribution in [3.63, 3.8) is 0 Å². The first-order valence-corrected chi connectivity index (χ1v) is 8.43. The Morgan fingerprint density at radius 2 is 2.04 bits per heavy atom. The quantitative estimate of drug-likeness (QED) is 0.848. The fraction of sp³-hybridized carbons (Fsp3) is 0.556. The molecule has 0 unspecified atom stereocenters. The van der Waals surface area contributed by atoms with Crippen molar-refractivity contribution in [1.29, 1.82) is 0 Å². The first kappa shape index (κ1) is 16.6. The highest BCUT2D eigenvalue weighted by atomic mass is 16.7. The molecule has 1 aromatic carbocycles. The molecule has 0 radical (unpaired) electrons. The van der Waals surface area contributed by atoms with Crippen molar-refractivity contribution in [1.82, 2.24) is 9.80 Å². The summed E-state index contributed by atoms with van der Waals surface area (Å²) in [4.78, 5) is 28.3. The Labute approximate surface area is 142 Å². The number of hydrogen-bond donors (Lipinski definition) is 0. The number of likely N-dealkylation sites (tertiary alicyclic amines) is 1. The number of carbonyl (C=O) groups is 2. The van der Waals surface area contributed by atoms with E-state index >= 15 is 0 Å². The second-order valence-corrected chi connectivity index (χ2v) is 6.62. The minimum atomic E-state index is -0.334. The summed E-state index contributed by atoms with van der Waals surface area (Å²) in [6.07, 6.45) is 1.62. The molecule has 0 N–H and O–H groups in total. The molecule has 1 atom stereocenters. The van der Waals surface area contributed by atoms with Crippen LogP contribution in [0.2, 0.25) is 0 Å². The van der Waals surface area contributed by atoms with E-state index in [-0.39, 0.29) is 30.7 Å². The molecule has 0 bridgehead atoms. The summed E-state index contributed by atoms with van der Waals surface area (Å²) in [5.74, 6) is 1.45. The van der Waals surface area contributed by atoms with Gasteiger partial charge in [-0.05, 0) is 44.4 Å². The van der Waals surface area contributed by atoms with Crippen LogP contribution in [-0.2, 0) is 16.1 Å². The molecular formula is C18H24N2O4. The van der Waals surface area contributed by atoms with Crippen molar-refractivity contribution in [3.8, 4) is 11.5 Å². The topological polar surface area (TPSA) is 59.1 Å². The van der Waals surface area contributed by atoms with Crippen molar-refractivity contribution >= 4 is 11.8 Å². The van der Waals surface area contributed by atoms with Gasteiger partial charge in [0.25, 0.3) is 0 Å². The summed E-state index contributed by atoms with van der Waals surface area (Å²) in [5, 5.41) is 0. The summed E-state index contributed by atoms with van der Waals surface area (Å²) < 4.78 is 10.7. The van der Waals surface area contributed by atoms with Crippen LogP contribution in [0.25, 0.3) is 0 Å². The van der Waals surface area contributed by atoms with Gasteiger partial charge in [0.1, 0.15) is 6.04 Å². The number of carbonyl (C=O) groups excluding carboxylic acids is 2. The number of hydrogen-bond acceptors (Lipinski definition) is 4. The minimum Gasteiger partial charge on any atom is -0.454 e. The molecule has 6 nitrogen and oxygen atoms in total. The van der Waals surface area contributed by atoms with E-state index in [1.165, 1.54) is 6.92 Å². The Balaban J connectivity index is 1.77. The van der Waals surface area contributed by atoms with Crippen molar-refractivity contribution < 1.29 is 19.1 Å². The molecule has 1 fully saturated rings. The van der Waals surface area contributed by atoms with Crippen LogP contribution in [0.4, 0.5) is 0 Å². The third-order valence-electron chi connectivity index (χ3n) is 4.64. The summed E-state index contributed by atoms with van der Waals surface area (Å²) >= 11 is 0. The molecule has 1 saturated heterocycles.